The minimum Gasteiger partial charge on any atom is -0.444 e. The Kier molecular flexibility index (Phi) is 3.07. The molecule has 0 bridgehead atoms. The summed E-state index contributed by atoms with van der Waals surface area (Å²) in [6.45, 7) is 7.07. The molecule has 0 spiro atoms. The molecule has 1 fully saturated rings. The van der Waals surface area contributed by atoms with Crippen molar-refractivity contribution in [3.8, 4) is 0 Å². The lowest BCUT2D eigenvalue weighted by molar-refractivity contribution is 0.0261. The van der Waals surface area contributed by atoms with Crippen LogP contribution in [0.3, 0.4) is 0 Å². The van der Waals surface area contributed by atoms with Gasteiger partial charge in [0.05, 0.1) is 6.42 Å². The van der Waals surface area contributed by atoms with Gasteiger partial charge in [-0.25, -0.2) is 4.79 Å². The van der Waals surface area contributed by atoms with Gasteiger partial charge in [0.1, 0.15) is 5.60 Å². The van der Waals surface area contributed by atoms with Crippen LogP contribution in [0.15, 0.2) is 11.6 Å². The number of ether oxygens (including phenoxy) is 1. The van der Waals surface area contributed by atoms with Crippen molar-refractivity contribution in [3.63, 3.8) is 0 Å². The molecule has 0 saturated carbocycles. The second kappa shape index (κ2) is 4.38. The molecule has 4 heteroatoms. The van der Waals surface area contributed by atoms with E-state index in [2.05, 4.69) is 4.67 Å². The Morgan fingerprint density at radius 3 is 2.76 bits per heavy atom. The summed E-state index contributed by atoms with van der Waals surface area (Å²) in [5, 5.41) is 0. The molecule has 0 radical (unpaired) electrons. The first-order chi connectivity index (χ1) is 7.96. The lowest BCUT2D eigenvalue weighted by Crippen LogP contribution is -2.37. The fraction of sp³-hybridized carbons (Fsp3) is 0.615. The number of allylic oxidation sites excluding steroid dienone is 1. The number of rotatable bonds is 0. The first kappa shape index (κ1) is 11.9. The average molecular weight is 235 g/mol. The Labute approximate surface area is 102 Å². The zero-order valence-electron chi connectivity index (χ0n) is 10.7. The molecule has 0 aromatic heterocycles. The van der Waals surface area contributed by atoms with Gasteiger partial charge in [-0.15, -0.1) is 0 Å². The smallest absolute Gasteiger partial charge is 0.410 e. The van der Waals surface area contributed by atoms with Gasteiger partial charge in [-0.3, -0.25) is 0 Å². The van der Waals surface area contributed by atoms with E-state index in [-0.39, 0.29) is 6.09 Å². The van der Waals surface area contributed by atoms with Crippen LogP contribution >= 0.6 is 0 Å². The van der Waals surface area contributed by atoms with Crippen molar-refractivity contribution in [2.24, 2.45) is 0 Å². The highest BCUT2D eigenvalue weighted by Gasteiger charge is 2.30. The molecule has 1 amide bonds. The lowest BCUT2D eigenvalue weighted by Gasteiger charge is -2.25. The highest BCUT2D eigenvalue weighted by Crippen LogP contribution is 2.17. The minimum absolute atomic E-state index is 0.220. The van der Waals surface area contributed by atoms with Crippen LogP contribution in [0.2, 0.25) is 0 Å². The van der Waals surface area contributed by atoms with E-state index in [1.54, 1.807) is 4.90 Å². The molecule has 4 nitrogen and oxygen atoms in total. The summed E-state index contributed by atoms with van der Waals surface area (Å²) in [5.74, 6) is 0. The van der Waals surface area contributed by atoms with Crippen LogP contribution in [-0.4, -0.2) is 41.6 Å². The Bertz CT molecular complexity index is 423. The number of likely N-dealkylation sites (tertiary alicyclic amines) is 1. The number of amides is 1. The lowest BCUT2D eigenvalue weighted by atomic mass is 10.1. The van der Waals surface area contributed by atoms with Crippen LogP contribution < -0.4 is 4.67 Å². The van der Waals surface area contributed by atoms with Crippen LogP contribution in [0.1, 0.15) is 33.6 Å². The molecule has 0 aromatic rings. The van der Waals surface area contributed by atoms with E-state index in [1.165, 1.54) is 5.57 Å². The van der Waals surface area contributed by atoms with Crippen molar-refractivity contribution in [1.29, 1.82) is 0 Å². The first-order valence-electron chi connectivity index (χ1n) is 6.03. The van der Waals surface area contributed by atoms with Crippen molar-refractivity contribution in [3.05, 3.63) is 11.6 Å². The monoisotopic (exact) mass is 235 g/mol. The fourth-order valence-electron chi connectivity index (χ4n) is 1.97. The van der Waals surface area contributed by atoms with Gasteiger partial charge in [0, 0.05) is 24.7 Å². The first-order valence-corrected chi connectivity index (χ1v) is 6.03. The summed E-state index contributed by atoms with van der Waals surface area (Å²) in [6, 6.07) is 0. The molecule has 2 aliphatic heterocycles. The molecular weight excluding hydrogens is 216 g/mol. The van der Waals surface area contributed by atoms with Gasteiger partial charge in [-0.1, -0.05) is 4.67 Å². The number of carbonyl (C=O) groups is 1. The quantitative estimate of drug-likeness (QED) is 0.598. The van der Waals surface area contributed by atoms with Gasteiger partial charge in [0.25, 0.3) is 6.21 Å². The van der Waals surface area contributed by atoms with E-state index >= 15 is 0 Å². The molecule has 0 N–H and O–H groups in total. The summed E-state index contributed by atoms with van der Waals surface area (Å²) >= 11 is 0. The number of fused-ring (bicyclic) bond motifs is 1. The van der Waals surface area contributed by atoms with Crippen LogP contribution in [-0.2, 0) is 4.74 Å². The summed E-state index contributed by atoms with van der Waals surface area (Å²) in [6.07, 6.45) is 5.35. The maximum atomic E-state index is 11.9. The van der Waals surface area contributed by atoms with E-state index in [9.17, 15) is 4.79 Å². The largest absolute Gasteiger partial charge is 0.444 e. The van der Waals surface area contributed by atoms with Crippen LogP contribution in [0.25, 0.3) is 0 Å². The third kappa shape index (κ3) is 2.98. The molecule has 0 atom stereocenters. The van der Waals surface area contributed by atoms with Gasteiger partial charge in [0.2, 0.25) is 0 Å². The normalized spacial score (nSPS) is 19.4. The molecule has 0 aliphatic carbocycles. The third-order valence-corrected chi connectivity index (χ3v) is 2.80. The second-order valence-corrected chi connectivity index (χ2v) is 5.38. The molecule has 0 aromatic carbocycles. The Balaban J connectivity index is 1.98. The Morgan fingerprint density at radius 2 is 2.06 bits per heavy atom. The second-order valence-electron chi connectivity index (χ2n) is 5.38. The van der Waals surface area contributed by atoms with E-state index in [0.29, 0.717) is 13.1 Å². The van der Waals surface area contributed by atoms with Crippen molar-refractivity contribution in [1.82, 2.24) is 9.57 Å². The summed E-state index contributed by atoms with van der Waals surface area (Å²) in [5.41, 5.74) is 1.95. The number of nitrogens with zero attached hydrogens (tertiary/aromatic N) is 2. The standard InChI is InChI=1S/C13H19N2O2/c1-13(2,3)17-12(16)15-8-5-10-4-7-14-11(10)6-9-15/h4,7H,5-6,8-9H2,1-3H3/q+1. The van der Waals surface area contributed by atoms with E-state index in [0.717, 1.165) is 18.6 Å². The maximum Gasteiger partial charge on any atom is 0.410 e. The van der Waals surface area contributed by atoms with E-state index in [4.69, 9.17) is 4.74 Å². The molecule has 2 heterocycles. The molecule has 1 saturated heterocycles. The minimum atomic E-state index is -0.427. The highest BCUT2D eigenvalue weighted by atomic mass is 16.6. The third-order valence-electron chi connectivity index (χ3n) is 2.80. The van der Waals surface area contributed by atoms with E-state index < -0.39 is 5.60 Å². The molecule has 2 aliphatic rings. The average Bonchev–Trinajstić information content (AvgIpc) is 2.54. The maximum absolute atomic E-state index is 11.9. The van der Waals surface area contributed by atoms with Crippen molar-refractivity contribution >= 4 is 18.0 Å². The zero-order valence-corrected chi connectivity index (χ0v) is 10.7. The summed E-state index contributed by atoms with van der Waals surface area (Å²) in [7, 11) is 0. The van der Waals surface area contributed by atoms with Gasteiger partial charge in [0.15, 0.2) is 0 Å². The summed E-state index contributed by atoms with van der Waals surface area (Å²) < 4.78 is 9.68. The topological polar surface area (TPSA) is 43.6 Å². The predicted molar refractivity (Wildman–Crippen MR) is 68.3 cm³/mol. The SMILES string of the molecule is CC(C)(C)OC(=O)N1CCC2=CC=[N+]=C2CC1. The fourth-order valence-corrected chi connectivity index (χ4v) is 1.97. The highest BCUT2D eigenvalue weighted by molar-refractivity contribution is 6.07. The molecule has 92 valence electrons. The number of hydrogen-bond acceptors (Lipinski definition) is 2. The number of hydrogen-bond donors (Lipinski definition) is 0. The molecule has 17 heavy (non-hydrogen) atoms. The van der Waals surface area contributed by atoms with Crippen molar-refractivity contribution in [2.45, 2.75) is 39.2 Å². The van der Waals surface area contributed by atoms with Gasteiger partial charge < -0.3 is 9.64 Å². The van der Waals surface area contributed by atoms with Crippen LogP contribution in [0, 0.1) is 0 Å². The van der Waals surface area contributed by atoms with Crippen molar-refractivity contribution < 1.29 is 9.53 Å². The molecule has 0 unspecified atom stereocenters. The van der Waals surface area contributed by atoms with Crippen LogP contribution in [0.5, 0.6) is 0 Å². The Hall–Kier alpha value is -1.54. The van der Waals surface area contributed by atoms with Gasteiger partial charge >= 0.3 is 11.8 Å². The van der Waals surface area contributed by atoms with Crippen molar-refractivity contribution in [2.75, 3.05) is 13.1 Å². The van der Waals surface area contributed by atoms with Crippen LogP contribution in [0.4, 0.5) is 4.79 Å². The van der Waals surface area contributed by atoms with E-state index in [1.807, 2.05) is 33.1 Å². The zero-order chi connectivity index (χ0) is 12.5. The molecule has 2 rings (SSSR count). The van der Waals surface area contributed by atoms with Gasteiger partial charge in [-0.05, 0) is 27.2 Å². The summed E-state index contributed by atoms with van der Waals surface area (Å²) in [4.78, 5) is 13.7. The predicted octanol–water partition coefficient (Wildman–Crippen LogP) is 1.54. The number of carbonyl (C=O) groups excluding carboxylic acids is 1. The van der Waals surface area contributed by atoms with Gasteiger partial charge in [-0.2, -0.15) is 0 Å². The molecular formula is C13H19N2O2+. The Morgan fingerprint density at radius 1 is 1.35 bits per heavy atom.